The Labute approximate surface area is 156 Å². The second kappa shape index (κ2) is 7.38. The van der Waals surface area contributed by atoms with Crippen LogP contribution in [0.1, 0.15) is 55.2 Å². The summed E-state index contributed by atoms with van der Waals surface area (Å²) in [4.78, 5) is 17.0. The summed E-state index contributed by atoms with van der Waals surface area (Å²) in [6.45, 7) is 13.6. The summed E-state index contributed by atoms with van der Waals surface area (Å²) >= 11 is 0. The highest BCUT2D eigenvalue weighted by molar-refractivity contribution is 5.99. The fourth-order valence-corrected chi connectivity index (χ4v) is 3.84. The molecular weight excluding hydrogens is 326 g/mol. The zero-order chi connectivity index (χ0) is 18.9. The number of amides is 1. The fourth-order valence-electron chi connectivity index (χ4n) is 3.84. The molecule has 0 bridgehead atoms. The number of hydrogen-bond acceptors (Lipinski definition) is 4. The average Bonchev–Trinajstić information content (AvgIpc) is 2.86. The largest absolute Gasteiger partial charge is 0.379 e. The van der Waals surface area contributed by atoms with Crippen LogP contribution < -0.4 is 0 Å². The molecule has 2 heterocycles. The van der Waals surface area contributed by atoms with E-state index in [-0.39, 0.29) is 11.3 Å². The molecule has 1 fully saturated rings. The van der Waals surface area contributed by atoms with Crippen LogP contribution in [0.5, 0.6) is 0 Å². The van der Waals surface area contributed by atoms with Gasteiger partial charge in [0.05, 0.1) is 19.3 Å². The molecule has 0 N–H and O–H groups in total. The lowest BCUT2D eigenvalue weighted by molar-refractivity contribution is 0.0282. The lowest BCUT2D eigenvalue weighted by atomic mass is 9.85. The second-order valence-corrected chi connectivity index (χ2v) is 8.56. The van der Waals surface area contributed by atoms with Crippen LogP contribution in [0.4, 0.5) is 0 Å². The molecule has 0 saturated carbocycles. The van der Waals surface area contributed by atoms with Gasteiger partial charge in [-0.25, -0.2) is 0 Å². The SMILES string of the molecule is CC(CN1CCOCC1)CN1C(=O)c2ccc(C(C)(C)C)cc2C1C#N. The van der Waals surface area contributed by atoms with E-state index in [0.717, 1.165) is 44.0 Å². The Bertz CT molecular complexity index is 711. The molecule has 2 aliphatic rings. The van der Waals surface area contributed by atoms with E-state index in [2.05, 4.69) is 38.7 Å². The van der Waals surface area contributed by atoms with Gasteiger partial charge in [-0.05, 0) is 23.0 Å². The van der Waals surface area contributed by atoms with Gasteiger partial charge in [-0.1, -0.05) is 39.8 Å². The van der Waals surface area contributed by atoms with Crippen LogP contribution in [0.3, 0.4) is 0 Å². The highest BCUT2D eigenvalue weighted by Crippen LogP contribution is 2.36. The molecule has 1 saturated heterocycles. The van der Waals surface area contributed by atoms with Crippen LogP contribution in [0.15, 0.2) is 18.2 Å². The van der Waals surface area contributed by atoms with Gasteiger partial charge in [0.2, 0.25) is 0 Å². The van der Waals surface area contributed by atoms with E-state index in [4.69, 9.17) is 4.74 Å². The van der Waals surface area contributed by atoms with E-state index in [1.807, 2.05) is 18.2 Å². The van der Waals surface area contributed by atoms with Crippen LogP contribution >= 0.6 is 0 Å². The summed E-state index contributed by atoms with van der Waals surface area (Å²) in [5, 5.41) is 9.76. The van der Waals surface area contributed by atoms with Gasteiger partial charge in [-0.3, -0.25) is 9.69 Å². The maximum Gasteiger partial charge on any atom is 0.255 e. The van der Waals surface area contributed by atoms with Crippen LogP contribution in [-0.4, -0.2) is 55.1 Å². The molecule has 1 aromatic carbocycles. The highest BCUT2D eigenvalue weighted by Gasteiger charge is 2.38. The molecule has 2 unspecified atom stereocenters. The first-order chi connectivity index (χ1) is 12.3. The molecular formula is C21H29N3O2. The van der Waals surface area contributed by atoms with Gasteiger partial charge in [0.15, 0.2) is 0 Å². The quantitative estimate of drug-likeness (QED) is 0.833. The summed E-state index contributed by atoms with van der Waals surface area (Å²) in [7, 11) is 0. The van der Waals surface area contributed by atoms with E-state index >= 15 is 0 Å². The zero-order valence-corrected chi connectivity index (χ0v) is 16.3. The molecule has 1 aromatic rings. The molecule has 140 valence electrons. The Kier molecular flexibility index (Phi) is 5.36. The Morgan fingerprint density at radius 3 is 2.58 bits per heavy atom. The van der Waals surface area contributed by atoms with Crippen molar-refractivity contribution in [2.24, 2.45) is 5.92 Å². The number of nitriles is 1. The molecule has 2 aliphatic heterocycles. The summed E-state index contributed by atoms with van der Waals surface area (Å²) in [5.41, 5.74) is 2.70. The van der Waals surface area contributed by atoms with Gasteiger partial charge in [0.25, 0.3) is 5.91 Å². The molecule has 5 heteroatoms. The maximum atomic E-state index is 12.9. The Hall–Kier alpha value is -1.90. The minimum Gasteiger partial charge on any atom is -0.379 e. The minimum atomic E-state index is -0.480. The first-order valence-electron chi connectivity index (χ1n) is 9.46. The predicted octanol–water partition coefficient (Wildman–Crippen LogP) is 2.97. The lowest BCUT2D eigenvalue weighted by Gasteiger charge is -2.31. The number of hydrogen-bond donors (Lipinski definition) is 0. The van der Waals surface area contributed by atoms with Crippen LogP contribution in [-0.2, 0) is 10.2 Å². The van der Waals surface area contributed by atoms with E-state index < -0.39 is 6.04 Å². The monoisotopic (exact) mass is 355 g/mol. The van der Waals surface area contributed by atoms with Gasteiger partial charge < -0.3 is 9.64 Å². The molecule has 0 aliphatic carbocycles. The number of carbonyl (C=O) groups is 1. The number of rotatable bonds is 4. The number of fused-ring (bicyclic) bond motifs is 1. The van der Waals surface area contributed by atoms with Crippen LogP contribution in [0, 0.1) is 17.2 Å². The molecule has 26 heavy (non-hydrogen) atoms. The van der Waals surface area contributed by atoms with Gasteiger partial charge in [0, 0.05) is 37.3 Å². The summed E-state index contributed by atoms with van der Waals surface area (Å²) in [6.07, 6.45) is 0. The first kappa shape index (κ1) is 18.9. The van der Waals surface area contributed by atoms with Crippen molar-refractivity contribution in [1.29, 1.82) is 5.26 Å². The molecule has 5 nitrogen and oxygen atoms in total. The molecule has 2 atom stereocenters. The smallest absolute Gasteiger partial charge is 0.255 e. The van der Waals surface area contributed by atoms with Crippen molar-refractivity contribution in [2.45, 2.75) is 39.2 Å². The van der Waals surface area contributed by atoms with Crippen molar-refractivity contribution < 1.29 is 9.53 Å². The summed E-state index contributed by atoms with van der Waals surface area (Å²) in [5.74, 6) is 0.296. The number of ether oxygens (including phenoxy) is 1. The van der Waals surface area contributed by atoms with Gasteiger partial charge >= 0.3 is 0 Å². The summed E-state index contributed by atoms with van der Waals surface area (Å²) in [6, 6.07) is 7.85. The minimum absolute atomic E-state index is 0.00483. The van der Waals surface area contributed by atoms with Crippen molar-refractivity contribution in [3.05, 3.63) is 34.9 Å². The third-order valence-corrected chi connectivity index (χ3v) is 5.32. The number of benzene rings is 1. The fraction of sp³-hybridized carbons (Fsp3) is 0.619. The van der Waals surface area contributed by atoms with Crippen LogP contribution in [0.25, 0.3) is 0 Å². The molecule has 1 amide bonds. The number of nitrogens with zero attached hydrogens (tertiary/aromatic N) is 3. The zero-order valence-electron chi connectivity index (χ0n) is 16.3. The first-order valence-corrected chi connectivity index (χ1v) is 9.46. The van der Waals surface area contributed by atoms with Crippen molar-refractivity contribution >= 4 is 5.91 Å². The van der Waals surface area contributed by atoms with Crippen molar-refractivity contribution in [3.8, 4) is 6.07 Å². The van der Waals surface area contributed by atoms with Gasteiger partial charge in [0.1, 0.15) is 6.04 Å². The van der Waals surface area contributed by atoms with Crippen molar-refractivity contribution in [3.63, 3.8) is 0 Å². The van der Waals surface area contributed by atoms with E-state index in [1.165, 1.54) is 0 Å². The van der Waals surface area contributed by atoms with E-state index in [0.29, 0.717) is 18.0 Å². The Balaban J connectivity index is 1.76. The third-order valence-electron chi connectivity index (χ3n) is 5.32. The normalized spacial score (nSPS) is 22.2. The molecule has 0 aromatic heterocycles. The number of carbonyl (C=O) groups excluding carboxylic acids is 1. The van der Waals surface area contributed by atoms with Gasteiger partial charge in [-0.15, -0.1) is 0 Å². The Morgan fingerprint density at radius 2 is 1.96 bits per heavy atom. The summed E-state index contributed by atoms with van der Waals surface area (Å²) < 4.78 is 5.40. The predicted molar refractivity (Wildman–Crippen MR) is 101 cm³/mol. The highest BCUT2D eigenvalue weighted by atomic mass is 16.5. The second-order valence-electron chi connectivity index (χ2n) is 8.56. The third kappa shape index (κ3) is 3.77. The van der Waals surface area contributed by atoms with Crippen LogP contribution in [0.2, 0.25) is 0 Å². The van der Waals surface area contributed by atoms with Crippen molar-refractivity contribution in [1.82, 2.24) is 9.80 Å². The Morgan fingerprint density at radius 1 is 1.27 bits per heavy atom. The molecule has 0 radical (unpaired) electrons. The van der Waals surface area contributed by atoms with E-state index in [9.17, 15) is 10.1 Å². The molecule has 0 spiro atoms. The lowest BCUT2D eigenvalue weighted by Crippen LogP contribution is -2.42. The topological polar surface area (TPSA) is 56.6 Å². The van der Waals surface area contributed by atoms with Gasteiger partial charge in [-0.2, -0.15) is 5.26 Å². The van der Waals surface area contributed by atoms with E-state index in [1.54, 1.807) is 4.90 Å². The maximum absolute atomic E-state index is 12.9. The average molecular weight is 355 g/mol. The van der Waals surface area contributed by atoms with Crippen molar-refractivity contribution in [2.75, 3.05) is 39.4 Å². The number of morpholine rings is 1. The standard InChI is InChI=1S/C21H29N3O2/c1-15(13-23-7-9-26-10-8-23)14-24-19(12-22)18-11-16(21(2,3)4)5-6-17(18)20(24)25/h5-6,11,15,19H,7-10,13-14H2,1-4H3. The molecule has 3 rings (SSSR count).